The molecule has 1 aromatic carbocycles. The molecule has 3 rings (SSSR count). The maximum absolute atomic E-state index is 12.3. The number of carbonyl (C=O) groups is 1. The summed E-state index contributed by atoms with van der Waals surface area (Å²) in [6.45, 7) is 4.44. The minimum atomic E-state index is -0.279. The molecule has 0 unspecified atom stereocenters. The Balaban J connectivity index is 1.89. The van der Waals surface area contributed by atoms with Crippen molar-refractivity contribution in [1.82, 2.24) is 4.98 Å². The van der Waals surface area contributed by atoms with Crippen LogP contribution in [0.4, 0.5) is 5.69 Å². The van der Waals surface area contributed by atoms with Crippen LogP contribution in [-0.4, -0.2) is 23.6 Å². The third-order valence-corrected chi connectivity index (χ3v) is 3.66. The molecular formula is C16H17ClN2O3. The number of hydrogen-bond acceptors (Lipinski definition) is 3. The summed E-state index contributed by atoms with van der Waals surface area (Å²) in [6.07, 6.45) is 2.54. The molecule has 0 spiro atoms. The van der Waals surface area contributed by atoms with Gasteiger partial charge < -0.3 is 19.8 Å². The third kappa shape index (κ3) is 2.90. The zero-order valence-corrected chi connectivity index (χ0v) is 13.2. The molecule has 22 heavy (non-hydrogen) atoms. The van der Waals surface area contributed by atoms with Crippen LogP contribution in [0.5, 0.6) is 11.5 Å². The second-order valence-electron chi connectivity index (χ2n) is 5.21. The minimum Gasteiger partial charge on any atom is -0.492 e. The molecule has 0 saturated heterocycles. The largest absolute Gasteiger partial charge is 0.492 e. The highest BCUT2D eigenvalue weighted by Gasteiger charge is 2.23. The molecule has 0 aliphatic carbocycles. The highest BCUT2D eigenvalue weighted by Crippen LogP contribution is 2.38. The van der Waals surface area contributed by atoms with Crippen LogP contribution >= 0.6 is 11.6 Å². The summed E-state index contributed by atoms with van der Waals surface area (Å²) in [4.78, 5) is 15.1. The summed E-state index contributed by atoms with van der Waals surface area (Å²) in [7, 11) is 0. The van der Waals surface area contributed by atoms with Gasteiger partial charge in [-0.1, -0.05) is 11.6 Å². The van der Waals surface area contributed by atoms with E-state index < -0.39 is 0 Å². The maximum atomic E-state index is 12.3. The van der Waals surface area contributed by atoms with Crippen LogP contribution in [0, 0.1) is 0 Å². The van der Waals surface area contributed by atoms with Crippen molar-refractivity contribution in [3.8, 4) is 11.5 Å². The van der Waals surface area contributed by atoms with Gasteiger partial charge in [-0.3, -0.25) is 4.79 Å². The minimum absolute atomic E-state index is 0.137. The van der Waals surface area contributed by atoms with Gasteiger partial charge in [-0.2, -0.15) is 0 Å². The number of carbonyl (C=O) groups excluding carboxylic acids is 1. The van der Waals surface area contributed by atoms with Crippen molar-refractivity contribution in [2.75, 3.05) is 11.9 Å². The Morgan fingerprint density at radius 3 is 3.00 bits per heavy atom. The maximum Gasteiger partial charge on any atom is 0.272 e. The van der Waals surface area contributed by atoms with Gasteiger partial charge in [0.1, 0.15) is 23.3 Å². The molecule has 2 aromatic rings. The number of benzene rings is 1. The van der Waals surface area contributed by atoms with Gasteiger partial charge in [-0.05, 0) is 26.0 Å². The van der Waals surface area contributed by atoms with Crippen LogP contribution in [0.25, 0.3) is 0 Å². The first-order valence-corrected chi connectivity index (χ1v) is 7.56. The molecule has 1 aromatic heterocycles. The number of hydrogen-bond donors (Lipinski definition) is 2. The fraction of sp³-hybridized carbons (Fsp3) is 0.312. The van der Waals surface area contributed by atoms with Crippen molar-refractivity contribution in [2.45, 2.75) is 26.4 Å². The number of fused-ring (bicyclic) bond motifs is 1. The van der Waals surface area contributed by atoms with E-state index in [1.165, 1.54) is 0 Å². The van der Waals surface area contributed by atoms with E-state index in [4.69, 9.17) is 21.1 Å². The number of aromatic nitrogens is 1. The van der Waals surface area contributed by atoms with Crippen LogP contribution in [-0.2, 0) is 6.42 Å². The summed E-state index contributed by atoms with van der Waals surface area (Å²) >= 11 is 5.83. The summed E-state index contributed by atoms with van der Waals surface area (Å²) in [5.74, 6) is 1.15. The SMILES string of the molecule is CCOc1cc2c(cc1NC(=O)c1cc(Cl)c[nH]1)O[C@@H](C)C2. The molecule has 1 aliphatic rings. The van der Waals surface area contributed by atoms with E-state index in [2.05, 4.69) is 10.3 Å². The van der Waals surface area contributed by atoms with Crippen LogP contribution in [0.1, 0.15) is 29.9 Å². The number of amides is 1. The Morgan fingerprint density at radius 2 is 2.32 bits per heavy atom. The summed E-state index contributed by atoms with van der Waals surface area (Å²) in [5, 5.41) is 3.32. The molecule has 1 atom stereocenters. The number of nitrogens with one attached hydrogen (secondary N) is 2. The smallest absolute Gasteiger partial charge is 0.272 e. The molecule has 116 valence electrons. The van der Waals surface area contributed by atoms with Crippen molar-refractivity contribution in [2.24, 2.45) is 0 Å². The molecule has 5 nitrogen and oxygen atoms in total. The fourth-order valence-corrected chi connectivity index (χ4v) is 2.66. The Hall–Kier alpha value is -2.14. The predicted molar refractivity (Wildman–Crippen MR) is 85.2 cm³/mol. The van der Waals surface area contributed by atoms with Crippen LogP contribution in [0.3, 0.4) is 0 Å². The van der Waals surface area contributed by atoms with Gasteiger partial charge in [-0.25, -0.2) is 0 Å². The molecule has 6 heteroatoms. The average Bonchev–Trinajstić information content (AvgIpc) is 3.04. The molecule has 0 bridgehead atoms. The Kier molecular flexibility index (Phi) is 3.98. The molecule has 1 aliphatic heterocycles. The van der Waals surface area contributed by atoms with Gasteiger partial charge in [0, 0.05) is 24.2 Å². The monoisotopic (exact) mass is 320 g/mol. The molecule has 0 fully saturated rings. The lowest BCUT2D eigenvalue weighted by Crippen LogP contribution is -2.13. The van der Waals surface area contributed by atoms with E-state index in [9.17, 15) is 4.79 Å². The van der Waals surface area contributed by atoms with E-state index in [0.717, 1.165) is 17.7 Å². The zero-order chi connectivity index (χ0) is 15.7. The molecule has 0 saturated carbocycles. The highest BCUT2D eigenvalue weighted by atomic mass is 35.5. The van der Waals surface area contributed by atoms with E-state index in [1.54, 1.807) is 12.3 Å². The van der Waals surface area contributed by atoms with Gasteiger partial charge in [0.05, 0.1) is 17.3 Å². The Labute approximate surface area is 133 Å². The van der Waals surface area contributed by atoms with Gasteiger partial charge in [-0.15, -0.1) is 0 Å². The first kappa shape index (κ1) is 14.8. The van der Waals surface area contributed by atoms with Crippen LogP contribution in [0.15, 0.2) is 24.4 Å². The van der Waals surface area contributed by atoms with E-state index in [-0.39, 0.29) is 12.0 Å². The normalized spacial score (nSPS) is 16.0. The second kappa shape index (κ2) is 5.93. The fourth-order valence-electron chi connectivity index (χ4n) is 2.50. The van der Waals surface area contributed by atoms with E-state index in [1.807, 2.05) is 26.0 Å². The first-order chi connectivity index (χ1) is 10.6. The van der Waals surface area contributed by atoms with Gasteiger partial charge in [0.2, 0.25) is 0 Å². The molecule has 2 heterocycles. The van der Waals surface area contributed by atoms with Crippen LogP contribution < -0.4 is 14.8 Å². The summed E-state index contributed by atoms with van der Waals surface area (Å²) < 4.78 is 11.4. The number of anilines is 1. The Bertz CT molecular complexity index is 711. The van der Waals surface area contributed by atoms with Crippen molar-refractivity contribution < 1.29 is 14.3 Å². The number of rotatable bonds is 4. The second-order valence-corrected chi connectivity index (χ2v) is 5.64. The van der Waals surface area contributed by atoms with Crippen molar-refractivity contribution >= 4 is 23.2 Å². The van der Waals surface area contributed by atoms with Crippen LogP contribution in [0.2, 0.25) is 5.02 Å². The number of halogens is 1. The van der Waals surface area contributed by atoms with Gasteiger partial charge in [0.25, 0.3) is 5.91 Å². The number of H-pyrrole nitrogens is 1. The topological polar surface area (TPSA) is 63.3 Å². The standard InChI is InChI=1S/C16H17ClN2O3/c1-3-21-15-5-10-4-9(2)22-14(10)7-12(15)19-16(20)13-6-11(17)8-18-13/h5-9,18H,3-4H2,1-2H3,(H,19,20)/t9-/m0/s1. The first-order valence-electron chi connectivity index (χ1n) is 7.18. The lowest BCUT2D eigenvalue weighted by Gasteiger charge is -2.13. The molecule has 1 amide bonds. The average molecular weight is 321 g/mol. The lowest BCUT2D eigenvalue weighted by molar-refractivity contribution is 0.102. The summed E-state index contributed by atoms with van der Waals surface area (Å²) in [5.41, 5.74) is 2.07. The quantitative estimate of drug-likeness (QED) is 0.904. The summed E-state index contributed by atoms with van der Waals surface area (Å²) in [6, 6.07) is 5.31. The highest BCUT2D eigenvalue weighted by molar-refractivity contribution is 6.31. The van der Waals surface area contributed by atoms with E-state index in [0.29, 0.717) is 28.8 Å². The zero-order valence-electron chi connectivity index (χ0n) is 12.4. The lowest BCUT2D eigenvalue weighted by atomic mass is 10.1. The molecular weight excluding hydrogens is 304 g/mol. The van der Waals surface area contributed by atoms with E-state index >= 15 is 0 Å². The third-order valence-electron chi connectivity index (χ3n) is 3.44. The van der Waals surface area contributed by atoms with Crippen molar-refractivity contribution in [1.29, 1.82) is 0 Å². The van der Waals surface area contributed by atoms with Crippen molar-refractivity contribution in [3.63, 3.8) is 0 Å². The number of aromatic amines is 1. The number of ether oxygens (including phenoxy) is 2. The van der Waals surface area contributed by atoms with Crippen molar-refractivity contribution in [3.05, 3.63) is 40.7 Å². The van der Waals surface area contributed by atoms with Gasteiger partial charge in [0.15, 0.2) is 0 Å². The predicted octanol–water partition coefficient (Wildman–Crippen LogP) is 3.64. The van der Waals surface area contributed by atoms with Gasteiger partial charge >= 0.3 is 0 Å². The molecule has 0 radical (unpaired) electrons. The Morgan fingerprint density at radius 1 is 1.50 bits per heavy atom. The molecule has 2 N–H and O–H groups in total.